The summed E-state index contributed by atoms with van der Waals surface area (Å²) in [5.41, 5.74) is 0.667. The summed E-state index contributed by atoms with van der Waals surface area (Å²) in [5, 5.41) is -0.590. The lowest BCUT2D eigenvalue weighted by Crippen LogP contribution is -2.05. The van der Waals surface area contributed by atoms with Gasteiger partial charge < -0.3 is 0 Å². The molecule has 0 fully saturated rings. The van der Waals surface area contributed by atoms with Gasteiger partial charge in [0.25, 0.3) is 5.24 Å². The highest BCUT2D eigenvalue weighted by atomic mass is 35.5. The van der Waals surface area contributed by atoms with E-state index < -0.39 is 5.24 Å². The van der Waals surface area contributed by atoms with E-state index in [1.807, 2.05) is 0 Å². The van der Waals surface area contributed by atoms with Gasteiger partial charge in [-0.15, -0.1) is 0 Å². The van der Waals surface area contributed by atoms with Crippen LogP contribution in [0.15, 0.2) is 18.3 Å². The van der Waals surface area contributed by atoms with E-state index in [1.165, 1.54) is 12.3 Å². The molecule has 0 spiro atoms. The van der Waals surface area contributed by atoms with Gasteiger partial charge in [-0.2, -0.15) is 0 Å². The zero-order chi connectivity index (χ0) is 7.56. The first kappa shape index (κ1) is 7.28. The van der Waals surface area contributed by atoms with E-state index in [0.717, 1.165) is 0 Å². The van der Waals surface area contributed by atoms with E-state index in [2.05, 4.69) is 4.98 Å². The second-order valence-electron chi connectivity index (χ2n) is 1.75. The molecule has 0 saturated carbocycles. The third-order valence-electron chi connectivity index (χ3n) is 0.985. The van der Waals surface area contributed by atoms with Crippen molar-refractivity contribution in [3.8, 4) is 0 Å². The summed E-state index contributed by atoms with van der Waals surface area (Å²) >= 11 is 5.12. The Morgan fingerprint density at radius 1 is 1.70 bits per heavy atom. The van der Waals surface area contributed by atoms with E-state index in [4.69, 9.17) is 19.4 Å². The van der Waals surface area contributed by atoms with Gasteiger partial charge in [0.15, 0.2) is 0 Å². The first-order valence-electron chi connectivity index (χ1n) is 2.61. The molecule has 0 aromatic carbocycles. The molecule has 10 heavy (non-hydrogen) atoms. The summed E-state index contributed by atoms with van der Waals surface area (Å²) in [6.07, 6.45) is 1.44. The van der Waals surface area contributed by atoms with Crippen LogP contribution in [0.3, 0.4) is 0 Å². The minimum atomic E-state index is -0.590. The molecule has 48 valence electrons. The third kappa shape index (κ3) is 1.58. The second-order valence-corrected chi connectivity index (χ2v) is 2.09. The van der Waals surface area contributed by atoms with Crippen LogP contribution >= 0.6 is 11.6 Å². The van der Waals surface area contributed by atoms with Crippen molar-refractivity contribution in [1.29, 1.82) is 0 Å². The molecule has 1 aromatic rings. The molecule has 1 aromatic heterocycles. The van der Waals surface area contributed by atoms with E-state index in [0.29, 0.717) is 5.46 Å². The largest absolute Gasteiger partial charge is 0.274 e. The first-order valence-corrected chi connectivity index (χ1v) is 2.99. The molecule has 0 saturated heterocycles. The predicted molar refractivity (Wildman–Crippen MR) is 39.8 cm³/mol. The molecule has 0 atom stereocenters. The quantitative estimate of drug-likeness (QED) is 0.425. The van der Waals surface area contributed by atoms with Gasteiger partial charge in [-0.25, -0.2) is 0 Å². The standard InChI is InChI=1S/C6H3BClNO/c7-4-1-2-9-5(3-4)6(8)10/h1-3H. The molecule has 0 aliphatic carbocycles. The van der Waals surface area contributed by atoms with Crippen molar-refractivity contribution in [3.63, 3.8) is 0 Å². The molecule has 0 bridgehead atoms. The summed E-state index contributed by atoms with van der Waals surface area (Å²) in [6, 6.07) is 3.01. The van der Waals surface area contributed by atoms with Crippen molar-refractivity contribution in [2.45, 2.75) is 0 Å². The van der Waals surface area contributed by atoms with Crippen molar-refractivity contribution < 1.29 is 4.79 Å². The highest BCUT2D eigenvalue weighted by molar-refractivity contribution is 6.67. The van der Waals surface area contributed by atoms with Crippen LogP contribution in [0.4, 0.5) is 0 Å². The fourth-order valence-corrected chi connectivity index (χ4v) is 0.658. The monoisotopic (exact) mass is 151 g/mol. The number of halogens is 1. The molecule has 0 aliphatic heterocycles. The lowest BCUT2D eigenvalue weighted by molar-refractivity contribution is 0.107. The van der Waals surface area contributed by atoms with Crippen LogP contribution in [0.5, 0.6) is 0 Å². The lowest BCUT2D eigenvalue weighted by Gasteiger charge is -1.92. The average Bonchev–Trinajstić information content (AvgIpc) is 1.88. The SMILES string of the molecule is [B]c1ccnc(C(=O)Cl)c1. The number of nitrogens with zero attached hydrogens (tertiary/aromatic N) is 1. The molecule has 0 unspecified atom stereocenters. The smallest absolute Gasteiger partial charge is 0.270 e. The van der Waals surface area contributed by atoms with Crippen LogP contribution < -0.4 is 5.46 Å². The molecule has 0 aliphatic rings. The summed E-state index contributed by atoms with van der Waals surface area (Å²) in [6.45, 7) is 0. The second kappa shape index (κ2) is 2.84. The fourth-order valence-electron chi connectivity index (χ4n) is 0.554. The maximum absolute atomic E-state index is 10.4. The van der Waals surface area contributed by atoms with E-state index in [1.54, 1.807) is 6.07 Å². The van der Waals surface area contributed by atoms with Crippen LogP contribution in [0.25, 0.3) is 0 Å². The zero-order valence-corrected chi connectivity index (χ0v) is 5.80. The predicted octanol–water partition coefficient (Wildman–Crippen LogP) is 0.254. The number of pyridine rings is 1. The summed E-state index contributed by atoms with van der Waals surface area (Å²) < 4.78 is 0. The van der Waals surface area contributed by atoms with Crippen molar-refractivity contribution in [3.05, 3.63) is 24.0 Å². The van der Waals surface area contributed by atoms with Crippen LogP contribution in [-0.4, -0.2) is 18.1 Å². The Balaban J connectivity index is 3.07. The molecular weight excluding hydrogens is 148 g/mol. The van der Waals surface area contributed by atoms with Gasteiger partial charge in [0, 0.05) is 6.20 Å². The van der Waals surface area contributed by atoms with Crippen LogP contribution in [0, 0.1) is 0 Å². The van der Waals surface area contributed by atoms with Crippen molar-refractivity contribution >= 4 is 30.2 Å². The highest BCUT2D eigenvalue weighted by Gasteiger charge is 2.00. The summed E-state index contributed by atoms with van der Waals surface area (Å²) in [7, 11) is 5.35. The number of carbonyl (C=O) groups is 1. The Morgan fingerprint density at radius 2 is 2.40 bits per heavy atom. The Hall–Kier alpha value is -0.825. The maximum atomic E-state index is 10.4. The molecule has 2 nitrogen and oxygen atoms in total. The highest BCUT2D eigenvalue weighted by Crippen LogP contribution is 1.95. The van der Waals surface area contributed by atoms with Crippen molar-refractivity contribution in [2.75, 3.05) is 0 Å². The summed E-state index contributed by atoms with van der Waals surface area (Å²) in [5.74, 6) is 0. The van der Waals surface area contributed by atoms with Crippen LogP contribution in [0.1, 0.15) is 10.5 Å². The molecule has 2 radical (unpaired) electrons. The van der Waals surface area contributed by atoms with Crippen molar-refractivity contribution in [2.24, 2.45) is 0 Å². The molecule has 0 amide bonds. The van der Waals surface area contributed by atoms with Gasteiger partial charge in [0.05, 0.1) is 0 Å². The minimum absolute atomic E-state index is 0.182. The minimum Gasteiger partial charge on any atom is -0.274 e. The van der Waals surface area contributed by atoms with E-state index >= 15 is 0 Å². The number of rotatable bonds is 1. The zero-order valence-electron chi connectivity index (χ0n) is 5.04. The van der Waals surface area contributed by atoms with Gasteiger partial charge in [0.2, 0.25) is 0 Å². The molecular formula is C6H3BClNO. The number of hydrogen-bond donors (Lipinski definition) is 0. The van der Waals surface area contributed by atoms with E-state index in [9.17, 15) is 4.79 Å². The van der Waals surface area contributed by atoms with Crippen molar-refractivity contribution in [1.82, 2.24) is 4.98 Å². The Kier molecular flexibility index (Phi) is 2.07. The summed E-state index contributed by atoms with van der Waals surface area (Å²) in [4.78, 5) is 14.1. The molecule has 1 rings (SSSR count). The topological polar surface area (TPSA) is 30.0 Å². The maximum Gasteiger partial charge on any atom is 0.270 e. The molecule has 4 heteroatoms. The fraction of sp³-hybridized carbons (Fsp3) is 0. The average molecular weight is 151 g/mol. The third-order valence-corrected chi connectivity index (χ3v) is 1.18. The van der Waals surface area contributed by atoms with Gasteiger partial charge >= 0.3 is 0 Å². The number of carbonyl (C=O) groups excluding carboxylic acids is 1. The first-order chi connectivity index (χ1) is 4.70. The van der Waals surface area contributed by atoms with Gasteiger partial charge in [-0.05, 0) is 17.7 Å². The Labute approximate surface area is 64.6 Å². The number of aromatic nitrogens is 1. The number of hydrogen-bond acceptors (Lipinski definition) is 2. The Bertz CT molecular complexity index is 264. The van der Waals surface area contributed by atoms with Gasteiger partial charge in [0.1, 0.15) is 13.5 Å². The van der Waals surface area contributed by atoms with Crippen LogP contribution in [0.2, 0.25) is 0 Å². The van der Waals surface area contributed by atoms with Crippen LogP contribution in [-0.2, 0) is 0 Å². The van der Waals surface area contributed by atoms with Gasteiger partial charge in [-0.1, -0.05) is 11.5 Å². The molecule has 1 heterocycles. The lowest BCUT2D eigenvalue weighted by atomic mass is 9.97. The normalized spacial score (nSPS) is 9.30. The van der Waals surface area contributed by atoms with Gasteiger partial charge in [-0.3, -0.25) is 9.78 Å². The Morgan fingerprint density at radius 3 is 2.80 bits per heavy atom. The molecule has 0 N–H and O–H groups in total. The van der Waals surface area contributed by atoms with E-state index in [-0.39, 0.29) is 5.69 Å².